The van der Waals surface area contributed by atoms with Gasteiger partial charge >= 0.3 is 11.9 Å². The van der Waals surface area contributed by atoms with Gasteiger partial charge in [-0.3, -0.25) is 0 Å². The monoisotopic (exact) mass is 418 g/mol. The van der Waals surface area contributed by atoms with Crippen molar-refractivity contribution in [1.29, 1.82) is 0 Å². The van der Waals surface area contributed by atoms with Gasteiger partial charge in [-0.25, -0.2) is 9.59 Å². The minimum absolute atomic E-state index is 0.175. The Morgan fingerprint density at radius 2 is 1.03 bits per heavy atom. The zero-order chi connectivity index (χ0) is 21.0. The Hall–Kier alpha value is -1.92. The van der Waals surface area contributed by atoms with Crippen LogP contribution in [0.2, 0.25) is 0 Å². The highest BCUT2D eigenvalue weighted by molar-refractivity contribution is 6.03. The van der Waals surface area contributed by atoms with Gasteiger partial charge in [-0.2, -0.15) is 0 Å². The van der Waals surface area contributed by atoms with Crippen molar-refractivity contribution in [2.75, 3.05) is 26.4 Å². The predicted octanol–water partition coefficient (Wildman–Crippen LogP) is 4.70. The van der Waals surface area contributed by atoms with Gasteiger partial charge in [-0.1, -0.05) is 50.7 Å². The molecule has 0 radical (unpaired) electrons. The van der Waals surface area contributed by atoms with Crippen molar-refractivity contribution >= 4 is 11.9 Å². The number of ether oxygens (including phenoxy) is 4. The summed E-state index contributed by atoms with van der Waals surface area (Å²) in [5.41, 5.74) is 0.432. The van der Waals surface area contributed by atoms with E-state index in [-0.39, 0.29) is 36.5 Å². The summed E-state index contributed by atoms with van der Waals surface area (Å²) in [6.07, 6.45) is 12.2. The summed E-state index contributed by atoms with van der Waals surface area (Å²) in [7, 11) is 0. The molecule has 2 aliphatic rings. The molecule has 0 N–H and O–H groups in total. The Morgan fingerprint density at radius 3 is 1.43 bits per heavy atom. The fourth-order valence-electron chi connectivity index (χ4n) is 4.16. The number of carbonyl (C=O) groups excluding carboxylic acids is 2. The maximum absolute atomic E-state index is 12.4. The van der Waals surface area contributed by atoms with Crippen LogP contribution in [0.4, 0.5) is 0 Å². The summed E-state index contributed by atoms with van der Waals surface area (Å²) < 4.78 is 22.2. The number of hydrogen-bond acceptors (Lipinski definition) is 6. The molecule has 30 heavy (non-hydrogen) atoms. The van der Waals surface area contributed by atoms with E-state index in [1.807, 2.05) is 0 Å². The number of carbonyl (C=O) groups is 2. The van der Waals surface area contributed by atoms with Crippen LogP contribution in [0.1, 0.15) is 84.9 Å². The summed E-state index contributed by atoms with van der Waals surface area (Å²) in [5.74, 6) is -1.07. The van der Waals surface area contributed by atoms with E-state index in [1.165, 1.54) is 38.5 Å². The smallest absolute Gasteiger partial charge is 0.339 e. The number of benzene rings is 1. The minimum Gasteiger partial charge on any atom is -0.460 e. The molecule has 0 spiro atoms. The molecule has 0 aromatic heterocycles. The lowest BCUT2D eigenvalue weighted by Gasteiger charge is -2.22. The molecule has 0 amide bonds. The number of hydrogen-bond donors (Lipinski definition) is 0. The number of esters is 2. The van der Waals surface area contributed by atoms with E-state index in [9.17, 15) is 9.59 Å². The quantitative estimate of drug-likeness (QED) is 0.405. The lowest BCUT2D eigenvalue weighted by Crippen LogP contribution is -2.22. The van der Waals surface area contributed by atoms with Crippen molar-refractivity contribution in [3.63, 3.8) is 0 Å². The molecule has 6 heteroatoms. The zero-order valence-corrected chi connectivity index (χ0v) is 17.8. The van der Waals surface area contributed by atoms with E-state index < -0.39 is 11.9 Å². The van der Waals surface area contributed by atoms with Crippen LogP contribution in [0.25, 0.3) is 0 Å². The second kappa shape index (κ2) is 12.7. The van der Waals surface area contributed by atoms with Gasteiger partial charge in [0.05, 0.1) is 36.5 Å². The highest BCUT2D eigenvalue weighted by Gasteiger charge is 2.20. The van der Waals surface area contributed by atoms with Gasteiger partial charge in [0.1, 0.15) is 13.2 Å². The van der Waals surface area contributed by atoms with Crippen molar-refractivity contribution in [1.82, 2.24) is 0 Å². The molecule has 2 saturated carbocycles. The zero-order valence-electron chi connectivity index (χ0n) is 17.8. The largest absolute Gasteiger partial charge is 0.460 e. The molecule has 2 aliphatic carbocycles. The van der Waals surface area contributed by atoms with Gasteiger partial charge in [0.25, 0.3) is 0 Å². The van der Waals surface area contributed by atoms with E-state index >= 15 is 0 Å². The molecule has 3 rings (SSSR count). The maximum atomic E-state index is 12.4. The summed E-state index contributed by atoms with van der Waals surface area (Å²) >= 11 is 0. The summed E-state index contributed by atoms with van der Waals surface area (Å²) in [5, 5.41) is 0. The number of rotatable bonds is 10. The van der Waals surface area contributed by atoms with Crippen LogP contribution in [0.3, 0.4) is 0 Å². The van der Waals surface area contributed by atoms with E-state index in [4.69, 9.17) is 18.9 Å². The molecule has 0 unspecified atom stereocenters. The molecule has 1 aromatic rings. The Labute approximate surface area is 179 Å². The molecule has 1 aromatic carbocycles. The van der Waals surface area contributed by atoms with Crippen molar-refractivity contribution < 1.29 is 28.5 Å². The first-order valence-electron chi connectivity index (χ1n) is 11.4. The fourth-order valence-corrected chi connectivity index (χ4v) is 4.16. The highest BCUT2D eigenvalue weighted by atomic mass is 16.6. The van der Waals surface area contributed by atoms with Gasteiger partial charge in [0, 0.05) is 0 Å². The SMILES string of the molecule is O=C(OCCOC1CCCCC1)c1ccccc1C(=O)OCCOC1CCCCC1. The first kappa shape index (κ1) is 22.8. The molecule has 166 valence electrons. The van der Waals surface area contributed by atoms with Crippen molar-refractivity contribution in [3.8, 4) is 0 Å². The van der Waals surface area contributed by atoms with Crippen LogP contribution >= 0.6 is 0 Å². The molecule has 0 atom stereocenters. The fraction of sp³-hybridized carbons (Fsp3) is 0.667. The second-order valence-electron chi connectivity index (χ2n) is 8.08. The van der Waals surface area contributed by atoms with Crippen molar-refractivity contribution in [2.24, 2.45) is 0 Å². The van der Waals surface area contributed by atoms with Gasteiger partial charge in [0.2, 0.25) is 0 Å². The van der Waals surface area contributed by atoms with Crippen molar-refractivity contribution in [3.05, 3.63) is 35.4 Å². The van der Waals surface area contributed by atoms with Gasteiger partial charge in [-0.05, 0) is 37.8 Å². The molecule has 6 nitrogen and oxygen atoms in total. The molecular formula is C24H34O6. The van der Waals surface area contributed by atoms with Crippen LogP contribution < -0.4 is 0 Å². The van der Waals surface area contributed by atoms with Crippen molar-refractivity contribution in [2.45, 2.75) is 76.4 Å². The lowest BCUT2D eigenvalue weighted by atomic mass is 9.98. The summed E-state index contributed by atoms with van der Waals surface area (Å²) in [4.78, 5) is 24.9. The maximum Gasteiger partial charge on any atom is 0.339 e. The van der Waals surface area contributed by atoms with E-state index in [0.717, 1.165) is 25.7 Å². The van der Waals surface area contributed by atoms with Crippen LogP contribution in [0.5, 0.6) is 0 Å². The predicted molar refractivity (Wildman–Crippen MR) is 113 cm³/mol. The van der Waals surface area contributed by atoms with E-state index in [1.54, 1.807) is 24.3 Å². The molecule has 0 aliphatic heterocycles. The van der Waals surface area contributed by atoms with Crippen LogP contribution in [-0.4, -0.2) is 50.6 Å². The second-order valence-corrected chi connectivity index (χ2v) is 8.08. The average molecular weight is 419 g/mol. The van der Waals surface area contributed by atoms with Gasteiger partial charge in [-0.15, -0.1) is 0 Å². The molecular weight excluding hydrogens is 384 g/mol. The van der Waals surface area contributed by atoms with E-state index in [0.29, 0.717) is 13.2 Å². The van der Waals surface area contributed by atoms with Crippen LogP contribution in [-0.2, 0) is 18.9 Å². The minimum atomic E-state index is -0.534. The Kier molecular flexibility index (Phi) is 9.64. The first-order valence-corrected chi connectivity index (χ1v) is 11.4. The average Bonchev–Trinajstić information content (AvgIpc) is 2.80. The van der Waals surface area contributed by atoms with Gasteiger partial charge < -0.3 is 18.9 Å². The molecule has 0 bridgehead atoms. The van der Waals surface area contributed by atoms with Crippen LogP contribution in [0.15, 0.2) is 24.3 Å². The molecule has 2 fully saturated rings. The third kappa shape index (κ3) is 7.40. The summed E-state index contributed by atoms with van der Waals surface area (Å²) in [6, 6.07) is 6.58. The highest BCUT2D eigenvalue weighted by Crippen LogP contribution is 2.21. The van der Waals surface area contributed by atoms with Crippen LogP contribution in [0, 0.1) is 0 Å². The molecule has 0 saturated heterocycles. The Bertz CT molecular complexity index is 604. The standard InChI is InChI=1S/C24H34O6/c25-23(29-17-15-27-19-9-3-1-4-10-19)21-13-7-8-14-22(21)24(26)30-18-16-28-20-11-5-2-6-12-20/h7-8,13-14,19-20H,1-6,9-12,15-18H2. The normalized spacial score (nSPS) is 18.1. The Morgan fingerprint density at radius 1 is 0.633 bits per heavy atom. The Balaban J connectivity index is 1.39. The third-order valence-corrected chi connectivity index (χ3v) is 5.81. The first-order chi connectivity index (χ1) is 14.7. The van der Waals surface area contributed by atoms with E-state index in [2.05, 4.69) is 0 Å². The topological polar surface area (TPSA) is 71.1 Å². The molecule has 0 heterocycles. The third-order valence-electron chi connectivity index (χ3n) is 5.81. The van der Waals surface area contributed by atoms with Gasteiger partial charge in [0.15, 0.2) is 0 Å². The lowest BCUT2D eigenvalue weighted by molar-refractivity contribution is -0.00656. The summed E-state index contributed by atoms with van der Waals surface area (Å²) in [6.45, 7) is 1.10.